The largest absolute Gasteiger partial charge is 0.398 e. The van der Waals surface area contributed by atoms with Crippen molar-refractivity contribution in [1.82, 2.24) is 0 Å². The van der Waals surface area contributed by atoms with Crippen molar-refractivity contribution in [2.75, 3.05) is 5.73 Å². The third-order valence-corrected chi connectivity index (χ3v) is 4.66. The summed E-state index contributed by atoms with van der Waals surface area (Å²) in [7, 11) is 0. The van der Waals surface area contributed by atoms with Gasteiger partial charge in [-0.1, -0.05) is 56.3 Å². The minimum atomic E-state index is -0.0762. The Morgan fingerprint density at radius 2 is 1.43 bits per heavy atom. The molecule has 0 aliphatic heterocycles. The summed E-state index contributed by atoms with van der Waals surface area (Å²) >= 11 is 0. The fourth-order valence-corrected chi connectivity index (χ4v) is 2.93. The smallest absolute Gasteiger partial charge is 0.0349 e. The minimum Gasteiger partial charge on any atom is -0.398 e. The van der Waals surface area contributed by atoms with Crippen molar-refractivity contribution in [3.63, 3.8) is 0 Å². The van der Waals surface area contributed by atoms with Crippen LogP contribution in [0.2, 0.25) is 0 Å². The van der Waals surface area contributed by atoms with Crippen LogP contribution >= 0.6 is 0 Å². The predicted molar refractivity (Wildman–Crippen MR) is 102 cm³/mol. The average molecular weight is 305 g/mol. The molecule has 1 nitrogen and oxygen atoms in total. The molecule has 0 amide bonds. The second-order valence-corrected chi connectivity index (χ2v) is 6.67. The quantitative estimate of drug-likeness (QED) is 0.564. The second-order valence-electron chi connectivity index (χ2n) is 6.67. The second kappa shape index (κ2) is 6.87. The van der Waals surface area contributed by atoms with Gasteiger partial charge < -0.3 is 5.73 Å². The fraction of sp³-hybridized carbons (Fsp3) is 0.273. The number of allylic oxidation sites excluding steroid dienone is 2. The normalized spacial score (nSPS) is 11.3. The average Bonchev–Trinajstić information content (AvgIpc) is 2.51. The molecule has 0 unspecified atom stereocenters. The van der Waals surface area contributed by atoms with Gasteiger partial charge in [-0.3, -0.25) is 0 Å². The van der Waals surface area contributed by atoms with E-state index in [0.29, 0.717) is 0 Å². The molecule has 23 heavy (non-hydrogen) atoms. The number of anilines is 1. The summed E-state index contributed by atoms with van der Waals surface area (Å²) in [5.74, 6) is 0. The lowest BCUT2D eigenvalue weighted by Gasteiger charge is -2.28. The molecule has 0 saturated carbocycles. The van der Waals surface area contributed by atoms with Gasteiger partial charge in [-0.25, -0.2) is 0 Å². The van der Waals surface area contributed by atoms with E-state index in [1.165, 1.54) is 22.3 Å². The number of hydrogen-bond acceptors (Lipinski definition) is 1. The topological polar surface area (TPSA) is 26.0 Å². The lowest BCUT2D eigenvalue weighted by molar-refractivity contribution is 0.639. The maximum absolute atomic E-state index is 6.08. The highest BCUT2D eigenvalue weighted by atomic mass is 14.6. The molecule has 2 N–H and O–H groups in total. The van der Waals surface area contributed by atoms with Crippen molar-refractivity contribution in [1.29, 1.82) is 0 Å². The molecule has 0 aromatic heterocycles. The van der Waals surface area contributed by atoms with Gasteiger partial charge >= 0.3 is 0 Å². The molecule has 1 heteroatoms. The maximum Gasteiger partial charge on any atom is 0.0349 e. The summed E-state index contributed by atoms with van der Waals surface area (Å²) < 4.78 is 0. The number of nitrogen functional groups attached to an aromatic ring is 1. The SMILES string of the molecule is C=CCc1cc(C(C)(C)c2ccc(N)c(CC=C)c2)ccc1C. The minimum absolute atomic E-state index is 0.0762. The summed E-state index contributed by atoms with van der Waals surface area (Å²) in [6.45, 7) is 14.4. The van der Waals surface area contributed by atoms with Gasteiger partial charge in [0.1, 0.15) is 0 Å². The molecule has 0 atom stereocenters. The van der Waals surface area contributed by atoms with Crippen LogP contribution in [0.5, 0.6) is 0 Å². The Bertz CT molecular complexity index is 661. The van der Waals surface area contributed by atoms with Crippen LogP contribution in [-0.2, 0) is 18.3 Å². The molecular weight excluding hydrogens is 278 g/mol. The zero-order valence-corrected chi connectivity index (χ0v) is 14.5. The maximum atomic E-state index is 6.08. The molecule has 120 valence electrons. The molecular formula is C22H27N. The number of nitrogens with two attached hydrogens (primary N) is 1. The van der Waals surface area contributed by atoms with E-state index in [0.717, 1.165) is 24.1 Å². The lowest BCUT2D eigenvalue weighted by Crippen LogP contribution is -2.20. The molecule has 2 aromatic rings. The van der Waals surface area contributed by atoms with Crippen LogP contribution < -0.4 is 5.73 Å². The van der Waals surface area contributed by atoms with Gasteiger partial charge in [0, 0.05) is 11.1 Å². The van der Waals surface area contributed by atoms with Gasteiger partial charge in [-0.05, 0) is 53.6 Å². The zero-order chi connectivity index (χ0) is 17.0. The van der Waals surface area contributed by atoms with E-state index in [2.05, 4.69) is 64.3 Å². The first kappa shape index (κ1) is 17.1. The third-order valence-electron chi connectivity index (χ3n) is 4.66. The third kappa shape index (κ3) is 3.56. The van der Waals surface area contributed by atoms with Crippen molar-refractivity contribution >= 4 is 5.69 Å². The summed E-state index contributed by atoms with van der Waals surface area (Å²) in [4.78, 5) is 0. The Balaban J connectivity index is 2.49. The van der Waals surface area contributed by atoms with E-state index < -0.39 is 0 Å². The van der Waals surface area contributed by atoms with E-state index in [9.17, 15) is 0 Å². The van der Waals surface area contributed by atoms with E-state index >= 15 is 0 Å². The van der Waals surface area contributed by atoms with E-state index in [-0.39, 0.29) is 5.41 Å². The summed E-state index contributed by atoms with van der Waals surface area (Å²) in [5, 5.41) is 0. The van der Waals surface area contributed by atoms with Crippen LogP contribution in [0.1, 0.15) is 41.7 Å². The predicted octanol–water partition coefficient (Wildman–Crippen LogP) is 5.36. The Labute approximate surface area is 140 Å². The Kier molecular flexibility index (Phi) is 5.10. The Hall–Kier alpha value is -2.28. The van der Waals surface area contributed by atoms with Crippen LogP contribution in [-0.4, -0.2) is 0 Å². The number of hydrogen-bond donors (Lipinski definition) is 1. The molecule has 0 spiro atoms. The number of rotatable bonds is 6. The van der Waals surface area contributed by atoms with Gasteiger partial charge in [0.05, 0.1) is 0 Å². The standard InChI is InChI=1S/C22H27N/c1-6-8-17-14-19(11-10-16(17)3)22(4,5)20-12-13-21(23)18(15-20)9-7-2/h6-7,10-15H,1-2,8-9,23H2,3-5H3. The van der Waals surface area contributed by atoms with E-state index in [1.54, 1.807) is 0 Å². The Morgan fingerprint density at radius 1 is 0.913 bits per heavy atom. The van der Waals surface area contributed by atoms with Crippen molar-refractivity contribution in [2.45, 2.75) is 39.0 Å². The van der Waals surface area contributed by atoms with Gasteiger partial charge in [0.15, 0.2) is 0 Å². The fourth-order valence-electron chi connectivity index (χ4n) is 2.93. The first-order valence-electron chi connectivity index (χ1n) is 8.10. The molecule has 0 fully saturated rings. The van der Waals surface area contributed by atoms with Crippen molar-refractivity contribution in [3.05, 3.63) is 89.5 Å². The van der Waals surface area contributed by atoms with Gasteiger partial charge in [0.25, 0.3) is 0 Å². The highest BCUT2D eigenvalue weighted by molar-refractivity contribution is 5.53. The van der Waals surface area contributed by atoms with Crippen molar-refractivity contribution in [3.8, 4) is 0 Å². The first-order valence-corrected chi connectivity index (χ1v) is 8.10. The highest BCUT2D eigenvalue weighted by Gasteiger charge is 2.24. The van der Waals surface area contributed by atoms with Gasteiger partial charge in [0.2, 0.25) is 0 Å². The lowest BCUT2D eigenvalue weighted by atomic mass is 9.76. The molecule has 0 bridgehead atoms. The molecule has 2 rings (SSSR count). The summed E-state index contributed by atoms with van der Waals surface area (Å²) in [6.07, 6.45) is 5.56. The number of benzene rings is 2. The molecule has 0 heterocycles. The van der Waals surface area contributed by atoms with Crippen LogP contribution in [0.25, 0.3) is 0 Å². The molecule has 0 radical (unpaired) electrons. The molecule has 0 saturated heterocycles. The summed E-state index contributed by atoms with van der Waals surface area (Å²) in [5.41, 5.74) is 13.2. The van der Waals surface area contributed by atoms with E-state index in [1.807, 2.05) is 18.2 Å². The van der Waals surface area contributed by atoms with Crippen molar-refractivity contribution < 1.29 is 0 Å². The van der Waals surface area contributed by atoms with E-state index in [4.69, 9.17) is 5.73 Å². The summed E-state index contributed by atoms with van der Waals surface area (Å²) in [6, 6.07) is 13.1. The molecule has 0 aliphatic carbocycles. The van der Waals surface area contributed by atoms with Gasteiger partial charge in [-0.2, -0.15) is 0 Å². The van der Waals surface area contributed by atoms with Crippen LogP contribution in [0.15, 0.2) is 61.7 Å². The number of aryl methyl sites for hydroxylation is 1. The zero-order valence-electron chi connectivity index (χ0n) is 14.5. The van der Waals surface area contributed by atoms with Gasteiger partial charge in [-0.15, -0.1) is 13.2 Å². The van der Waals surface area contributed by atoms with Crippen molar-refractivity contribution in [2.24, 2.45) is 0 Å². The molecule has 0 aliphatic rings. The monoisotopic (exact) mass is 305 g/mol. The van der Waals surface area contributed by atoms with Crippen LogP contribution in [0, 0.1) is 6.92 Å². The van der Waals surface area contributed by atoms with Crippen LogP contribution in [0.3, 0.4) is 0 Å². The van der Waals surface area contributed by atoms with Crippen LogP contribution in [0.4, 0.5) is 5.69 Å². The molecule has 2 aromatic carbocycles. The highest BCUT2D eigenvalue weighted by Crippen LogP contribution is 2.34. The Morgan fingerprint density at radius 3 is 2.04 bits per heavy atom. The first-order chi connectivity index (χ1) is 10.9.